The maximum absolute atomic E-state index is 11.5. The number of hydrogen-bond donors (Lipinski definition) is 1. The van der Waals surface area contributed by atoms with Crippen molar-refractivity contribution in [3.8, 4) is 0 Å². The number of aromatic nitrogens is 2. The van der Waals surface area contributed by atoms with E-state index in [1.807, 2.05) is 13.1 Å². The monoisotopic (exact) mass is 252 g/mol. The molecule has 1 heterocycles. The lowest BCUT2D eigenvalue weighted by atomic mass is 10.4. The molecule has 0 spiro atoms. The molecular formula is C13H24N4O. The molecule has 0 saturated carbocycles. The van der Waals surface area contributed by atoms with E-state index in [0.29, 0.717) is 6.54 Å². The molecule has 0 saturated heterocycles. The average Bonchev–Trinajstić information content (AvgIpc) is 2.38. The van der Waals surface area contributed by atoms with Crippen LogP contribution in [0.1, 0.15) is 19.4 Å². The van der Waals surface area contributed by atoms with E-state index in [1.54, 1.807) is 10.8 Å². The molecule has 0 aliphatic rings. The molecule has 0 unspecified atom stereocenters. The number of nitrogens with one attached hydrogen (secondary N) is 1. The van der Waals surface area contributed by atoms with Gasteiger partial charge >= 0.3 is 5.69 Å². The minimum atomic E-state index is -0.175. The highest BCUT2D eigenvalue weighted by Crippen LogP contribution is 1.89. The second-order valence-corrected chi connectivity index (χ2v) is 4.38. The molecule has 0 bridgehead atoms. The van der Waals surface area contributed by atoms with Gasteiger partial charge in [0.25, 0.3) is 0 Å². The number of hydrogen-bond acceptors (Lipinski definition) is 4. The van der Waals surface area contributed by atoms with Gasteiger partial charge in [0.05, 0.1) is 0 Å². The van der Waals surface area contributed by atoms with Crippen LogP contribution in [0.15, 0.2) is 17.2 Å². The third kappa shape index (κ3) is 4.98. The minimum absolute atomic E-state index is 0.175. The molecular weight excluding hydrogens is 228 g/mol. The predicted molar refractivity (Wildman–Crippen MR) is 73.9 cm³/mol. The summed E-state index contributed by atoms with van der Waals surface area (Å²) in [4.78, 5) is 17.6. The first-order chi connectivity index (χ1) is 8.67. The van der Waals surface area contributed by atoms with Gasteiger partial charge in [-0.05, 0) is 25.6 Å². The Hall–Kier alpha value is -1.20. The van der Waals surface area contributed by atoms with Gasteiger partial charge in [0, 0.05) is 38.6 Å². The molecule has 1 rings (SSSR count). The van der Waals surface area contributed by atoms with Gasteiger partial charge in [-0.15, -0.1) is 0 Å². The van der Waals surface area contributed by atoms with Crippen LogP contribution < -0.4 is 11.0 Å². The van der Waals surface area contributed by atoms with Crippen LogP contribution in [-0.4, -0.2) is 47.2 Å². The predicted octanol–water partition coefficient (Wildman–Crippen LogP) is 0.483. The van der Waals surface area contributed by atoms with Crippen LogP contribution in [0.5, 0.6) is 0 Å². The van der Waals surface area contributed by atoms with E-state index in [0.717, 1.165) is 38.3 Å². The Morgan fingerprint density at radius 2 is 2.06 bits per heavy atom. The maximum atomic E-state index is 11.5. The maximum Gasteiger partial charge on any atom is 0.347 e. The topological polar surface area (TPSA) is 50.2 Å². The van der Waals surface area contributed by atoms with Crippen LogP contribution in [0.4, 0.5) is 0 Å². The van der Waals surface area contributed by atoms with Crippen LogP contribution in [0.3, 0.4) is 0 Å². The van der Waals surface area contributed by atoms with Crippen LogP contribution in [-0.2, 0) is 6.54 Å². The Labute approximate surface area is 109 Å². The first-order valence-corrected chi connectivity index (χ1v) is 6.63. The molecule has 1 aromatic rings. The number of rotatable bonds is 8. The van der Waals surface area contributed by atoms with Crippen molar-refractivity contribution >= 4 is 0 Å². The quantitative estimate of drug-likeness (QED) is 0.684. The molecule has 5 nitrogen and oxygen atoms in total. The van der Waals surface area contributed by atoms with Crippen LogP contribution in [0, 0.1) is 6.92 Å². The first-order valence-electron chi connectivity index (χ1n) is 6.63. The lowest BCUT2D eigenvalue weighted by Gasteiger charge is -2.18. The summed E-state index contributed by atoms with van der Waals surface area (Å²) in [5.41, 5.74) is 0.837. The molecule has 1 N–H and O–H groups in total. The van der Waals surface area contributed by atoms with Crippen LogP contribution in [0.2, 0.25) is 0 Å². The smallest absolute Gasteiger partial charge is 0.314 e. The molecule has 0 aliphatic heterocycles. The molecule has 0 amide bonds. The summed E-state index contributed by atoms with van der Waals surface area (Å²) in [6, 6.07) is 0. The Kier molecular flexibility index (Phi) is 6.60. The zero-order chi connectivity index (χ0) is 13.4. The molecule has 1 aromatic heterocycles. The van der Waals surface area contributed by atoms with Gasteiger partial charge in [-0.25, -0.2) is 9.78 Å². The van der Waals surface area contributed by atoms with E-state index in [1.165, 1.54) is 0 Å². The van der Waals surface area contributed by atoms with Crippen molar-refractivity contribution in [2.75, 3.05) is 32.7 Å². The number of aryl methyl sites for hydroxylation is 1. The summed E-state index contributed by atoms with van der Waals surface area (Å²) in [5, 5.41) is 3.35. The molecule has 0 fully saturated rings. The molecule has 5 heteroatoms. The normalized spacial score (nSPS) is 11.1. The lowest BCUT2D eigenvalue weighted by Crippen LogP contribution is -2.34. The highest BCUT2D eigenvalue weighted by Gasteiger charge is 1.99. The van der Waals surface area contributed by atoms with Gasteiger partial charge in [0.15, 0.2) is 0 Å². The second-order valence-electron chi connectivity index (χ2n) is 4.38. The SMILES string of the molecule is CCN(CC)CCNCCn1cc(C)cnc1=O. The van der Waals surface area contributed by atoms with Crippen molar-refractivity contribution in [3.05, 3.63) is 28.4 Å². The van der Waals surface area contributed by atoms with E-state index in [-0.39, 0.29) is 5.69 Å². The Morgan fingerprint density at radius 1 is 1.33 bits per heavy atom. The fraction of sp³-hybridized carbons (Fsp3) is 0.692. The Balaban J connectivity index is 2.25. The molecule has 102 valence electrons. The molecule has 0 aromatic carbocycles. The van der Waals surface area contributed by atoms with Crippen molar-refractivity contribution in [1.29, 1.82) is 0 Å². The molecule has 18 heavy (non-hydrogen) atoms. The third-order valence-electron chi connectivity index (χ3n) is 3.01. The summed E-state index contributed by atoms with van der Waals surface area (Å²) in [6.07, 6.45) is 3.45. The van der Waals surface area contributed by atoms with E-state index in [4.69, 9.17) is 0 Å². The lowest BCUT2D eigenvalue weighted by molar-refractivity contribution is 0.301. The van der Waals surface area contributed by atoms with Gasteiger partial charge in [0.1, 0.15) is 0 Å². The zero-order valence-corrected chi connectivity index (χ0v) is 11.6. The third-order valence-corrected chi connectivity index (χ3v) is 3.01. The summed E-state index contributed by atoms with van der Waals surface area (Å²) < 4.78 is 1.65. The van der Waals surface area contributed by atoms with Gasteiger partial charge in [0.2, 0.25) is 0 Å². The van der Waals surface area contributed by atoms with Crippen LogP contribution >= 0.6 is 0 Å². The molecule has 0 aliphatic carbocycles. The van der Waals surface area contributed by atoms with Gasteiger partial charge < -0.3 is 10.2 Å². The summed E-state index contributed by atoms with van der Waals surface area (Å²) in [5.74, 6) is 0. The largest absolute Gasteiger partial charge is 0.347 e. The van der Waals surface area contributed by atoms with E-state index >= 15 is 0 Å². The van der Waals surface area contributed by atoms with Crippen molar-refractivity contribution in [2.45, 2.75) is 27.3 Å². The number of nitrogens with zero attached hydrogens (tertiary/aromatic N) is 3. The fourth-order valence-electron chi connectivity index (χ4n) is 1.83. The van der Waals surface area contributed by atoms with Crippen LogP contribution in [0.25, 0.3) is 0 Å². The van der Waals surface area contributed by atoms with E-state index in [2.05, 4.69) is 29.0 Å². The highest BCUT2D eigenvalue weighted by atomic mass is 16.1. The molecule has 0 atom stereocenters. The van der Waals surface area contributed by atoms with Crippen molar-refractivity contribution < 1.29 is 0 Å². The second kappa shape index (κ2) is 8.00. The van der Waals surface area contributed by atoms with Gasteiger partial charge in [-0.3, -0.25) is 4.57 Å². The van der Waals surface area contributed by atoms with E-state index < -0.39 is 0 Å². The Bertz CT molecular complexity index is 398. The molecule has 0 radical (unpaired) electrons. The Morgan fingerprint density at radius 3 is 2.72 bits per heavy atom. The summed E-state index contributed by atoms with van der Waals surface area (Å²) in [6.45, 7) is 11.9. The van der Waals surface area contributed by atoms with Gasteiger partial charge in [-0.2, -0.15) is 0 Å². The zero-order valence-electron chi connectivity index (χ0n) is 11.6. The van der Waals surface area contributed by atoms with Gasteiger partial charge in [-0.1, -0.05) is 13.8 Å². The van der Waals surface area contributed by atoms with Crippen molar-refractivity contribution in [3.63, 3.8) is 0 Å². The fourth-order valence-corrected chi connectivity index (χ4v) is 1.83. The number of likely N-dealkylation sites (N-methyl/N-ethyl adjacent to an activating group) is 1. The van der Waals surface area contributed by atoms with E-state index in [9.17, 15) is 4.79 Å². The van der Waals surface area contributed by atoms with Crippen molar-refractivity contribution in [1.82, 2.24) is 19.8 Å². The summed E-state index contributed by atoms with van der Waals surface area (Å²) >= 11 is 0. The highest BCUT2D eigenvalue weighted by molar-refractivity contribution is 4.99. The standard InChI is InChI=1S/C13H24N4O/c1-4-16(5-2)8-6-14-7-9-17-11-12(3)10-15-13(17)18/h10-11,14H,4-9H2,1-3H3. The van der Waals surface area contributed by atoms with Crippen molar-refractivity contribution in [2.24, 2.45) is 0 Å². The average molecular weight is 252 g/mol. The minimum Gasteiger partial charge on any atom is -0.314 e. The summed E-state index contributed by atoms with van der Waals surface area (Å²) in [7, 11) is 0. The first kappa shape index (κ1) is 14.9.